The van der Waals surface area contributed by atoms with Gasteiger partial charge in [-0.3, -0.25) is 14.5 Å². The van der Waals surface area contributed by atoms with Crippen molar-refractivity contribution in [2.75, 3.05) is 32.7 Å². The van der Waals surface area contributed by atoms with Gasteiger partial charge in [0.05, 0.1) is 22.5 Å². The molecule has 1 aromatic carbocycles. The van der Waals surface area contributed by atoms with Crippen LogP contribution in [0.15, 0.2) is 35.1 Å². The molecule has 1 aliphatic rings. The molecule has 0 bridgehead atoms. The third-order valence-electron chi connectivity index (χ3n) is 6.33. The Morgan fingerprint density at radius 2 is 1.72 bits per heavy atom. The summed E-state index contributed by atoms with van der Waals surface area (Å²) in [5, 5.41) is 9.75. The summed E-state index contributed by atoms with van der Waals surface area (Å²) >= 11 is 0. The lowest BCUT2D eigenvalue weighted by molar-refractivity contribution is -0.137. The second-order valence-electron chi connectivity index (χ2n) is 8.48. The number of fused-ring (bicyclic) bond motifs is 1. The van der Waals surface area contributed by atoms with Gasteiger partial charge in [-0.05, 0) is 45.4 Å². The van der Waals surface area contributed by atoms with Crippen molar-refractivity contribution in [3.8, 4) is 5.69 Å². The van der Waals surface area contributed by atoms with Gasteiger partial charge >= 0.3 is 0 Å². The topological polar surface area (TPSA) is 76.3 Å². The van der Waals surface area contributed by atoms with Crippen molar-refractivity contribution in [2.45, 2.75) is 46.6 Å². The number of aryl methyl sites for hydroxylation is 2. The molecule has 0 radical (unpaired) electrons. The third kappa shape index (κ3) is 3.95. The van der Waals surface area contributed by atoms with E-state index in [2.05, 4.69) is 22.0 Å². The van der Waals surface area contributed by atoms with Crippen molar-refractivity contribution in [1.82, 2.24) is 29.4 Å². The van der Waals surface area contributed by atoms with E-state index < -0.39 is 6.04 Å². The van der Waals surface area contributed by atoms with Gasteiger partial charge in [0.25, 0.3) is 5.56 Å². The van der Waals surface area contributed by atoms with Crippen LogP contribution in [0.4, 0.5) is 0 Å². The fourth-order valence-corrected chi connectivity index (χ4v) is 4.58. The standard InChI is InChI=1S/C24H32N6O2/c1-5-12-27-13-15-28(16-14-27)23(31)20(6-2)30-24(32)21-18(4)29(19-10-8-7-9-11-19)26-22(21)17(3)25-30/h7-11,20H,5-6,12-16H2,1-4H3. The molecule has 3 aromatic rings. The maximum Gasteiger partial charge on any atom is 0.278 e. The minimum Gasteiger partial charge on any atom is -0.338 e. The molecular weight excluding hydrogens is 404 g/mol. The molecule has 1 aliphatic heterocycles. The summed E-state index contributed by atoms with van der Waals surface area (Å²) in [6, 6.07) is 9.13. The summed E-state index contributed by atoms with van der Waals surface area (Å²) in [6.45, 7) is 12.0. The van der Waals surface area contributed by atoms with E-state index in [1.807, 2.05) is 56.0 Å². The van der Waals surface area contributed by atoms with Crippen molar-refractivity contribution >= 4 is 16.8 Å². The van der Waals surface area contributed by atoms with E-state index in [0.29, 0.717) is 36.1 Å². The van der Waals surface area contributed by atoms with Crippen molar-refractivity contribution < 1.29 is 4.79 Å². The molecule has 1 saturated heterocycles. The summed E-state index contributed by atoms with van der Waals surface area (Å²) in [7, 11) is 0. The zero-order chi connectivity index (χ0) is 22.8. The molecule has 8 heteroatoms. The summed E-state index contributed by atoms with van der Waals surface area (Å²) < 4.78 is 3.17. The Balaban J connectivity index is 1.70. The number of piperazine rings is 1. The second kappa shape index (κ2) is 9.24. The lowest BCUT2D eigenvalue weighted by Gasteiger charge is -2.36. The molecule has 1 fully saturated rings. The average Bonchev–Trinajstić information content (AvgIpc) is 3.17. The summed E-state index contributed by atoms with van der Waals surface area (Å²) in [6.07, 6.45) is 1.62. The minimum atomic E-state index is -0.609. The highest BCUT2D eigenvalue weighted by Gasteiger charge is 2.30. The van der Waals surface area contributed by atoms with Gasteiger partial charge in [-0.2, -0.15) is 10.2 Å². The Morgan fingerprint density at radius 1 is 1.03 bits per heavy atom. The van der Waals surface area contributed by atoms with Gasteiger partial charge in [0.1, 0.15) is 11.6 Å². The number of benzene rings is 1. The van der Waals surface area contributed by atoms with Crippen molar-refractivity contribution in [1.29, 1.82) is 0 Å². The molecule has 170 valence electrons. The van der Waals surface area contributed by atoms with E-state index in [1.54, 1.807) is 4.68 Å². The van der Waals surface area contributed by atoms with E-state index in [-0.39, 0.29) is 11.5 Å². The lowest BCUT2D eigenvalue weighted by atomic mass is 10.1. The van der Waals surface area contributed by atoms with Crippen LogP contribution in [0.3, 0.4) is 0 Å². The van der Waals surface area contributed by atoms with E-state index in [1.165, 1.54) is 4.68 Å². The lowest BCUT2D eigenvalue weighted by Crippen LogP contribution is -2.51. The largest absolute Gasteiger partial charge is 0.338 e. The zero-order valence-corrected chi connectivity index (χ0v) is 19.4. The van der Waals surface area contributed by atoms with Crippen LogP contribution in [0.1, 0.15) is 44.1 Å². The van der Waals surface area contributed by atoms with E-state index in [0.717, 1.165) is 37.4 Å². The molecule has 8 nitrogen and oxygen atoms in total. The number of nitrogens with zero attached hydrogens (tertiary/aromatic N) is 6. The monoisotopic (exact) mass is 436 g/mol. The quantitative estimate of drug-likeness (QED) is 0.594. The highest BCUT2D eigenvalue weighted by molar-refractivity contribution is 5.84. The second-order valence-corrected chi connectivity index (χ2v) is 8.48. The van der Waals surface area contributed by atoms with Crippen molar-refractivity contribution in [3.05, 3.63) is 52.1 Å². The van der Waals surface area contributed by atoms with Crippen LogP contribution in [0.5, 0.6) is 0 Å². The minimum absolute atomic E-state index is 0.0231. The summed E-state index contributed by atoms with van der Waals surface area (Å²) in [4.78, 5) is 31.2. The van der Waals surface area contributed by atoms with Gasteiger partial charge in [0.15, 0.2) is 0 Å². The molecule has 0 spiro atoms. The predicted molar refractivity (Wildman–Crippen MR) is 125 cm³/mol. The van der Waals surface area contributed by atoms with Gasteiger partial charge in [-0.15, -0.1) is 0 Å². The maximum atomic E-state index is 13.5. The first kappa shape index (κ1) is 22.2. The van der Waals surface area contributed by atoms with Gasteiger partial charge in [-0.1, -0.05) is 32.0 Å². The SMILES string of the molecule is CCCN1CCN(C(=O)C(CC)n2nc(C)c3nn(-c4ccccc4)c(C)c3c2=O)CC1. The number of carbonyl (C=O) groups is 1. The number of hydrogen-bond donors (Lipinski definition) is 0. The molecular formula is C24H32N6O2. The van der Waals surface area contributed by atoms with E-state index >= 15 is 0 Å². The zero-order valence-electron chi connectivity index (χ0n) is 19.4. The molecule has 1 amide bonds. The molecule has 2 aromatic heterocycles. The van der Waals surface area contributed by atoms with Crippen LogP contribution >= 0.6 is 0 Å². The molecule has 1 unspecified atom stereocenters. The Morgan fingerprint density at radius 3 is 2.34 bits per heavy atom. The number of rotatable bonds is 6. The number of amides is 1. The normalized spacial score (nSPS) is 15.9. The van der Waals surface area contributed by atoms with Crippen LogP contribution in [0.2, 0.25) is 0 Å². The fraction of sp³-hybridized carbons (Fsp3) is 0.500. The first-order valence-corrected chi connectivity index (χ1v) is 11.5. The Kier molecular flexibility index (Phi) is 6.41. The number of carbonyl (C=O) groups excluding carboxylic acids is 1. The predicted octanol–water partition coefficient (Wildman–Crippen LogP) is 2.70. The average molecular weight is 437 g/mol. The molecule has 1 atom stereocenters. The molecule has 4 rings (SSSR count). The van der Waals surface area contributed by atoms with E-state index in [4.69, 9.17) is 0 Å². The maximum absolute atomic E-state index is 13.5. The van der Waals surface area contributed by atoms with Crippen LogP contribution < -0.4 is 5.56 Å². The first-order chi connectivity index (χ1) is 15.5. The number of aromatic nitrogens is 4. The molecule has 32 heavy (non-hydrogen) atoms. The smallest absolute Gasteiger partial charge is 0.278 e. The third-order valence-corrected chi connectivity index (χ3v) is 6.33. The van der Waals surface area contributed by atoms with Gasteiger partial charge in [0.2, 0.25) is 5.91 Å². The van der Waals surface area contributed by atoms with Crippen molar-refractivity contribution in [3.63, 3.8) is 0 Å². The highest BCUT2D eigenvalue weighted by atomic mass is 16.2. The van der Waals surface area contributed by atoms with E-state index in [9.17, 15) is 9.59 Å². The van der Waals surface area contributed by atoms with Gasteiger partial charge < -0.3 is 4.90 Å². The van der Waals surface area contributed by atoms with Gasteiger partial charge in [0, 0.05) is 26.2 Å². The fourth-order valence-electron chi connectivity index (χ4n) is 4.58. The van der Waals surface area contributed by atoms with Crippen LogP contribution in [0, 0.1) is 13.8 Å². The Bertz CT molecular complexity index is 1160. The van der Waals surface area contributed by atoms with Crippen LogP contribution in [-0.2, 0) is 4.79 Å². The van der Waals surface area contributed by atoms with Crippen LogP contribution in [-0.4, -0.2) is 68.0 Å². The molecule has 0 aliphatic carbocycles. The number of hydrogen-bond acceptors (Lipinski definition) is 5. The molecule has 3 heterocycles. The Hall–Kier alpha value is -3.00. The molecule has 0 saturated carbocycles. The first-order valence-electron chi connectivity index (χ1n) is 11.5. The molecule has 0 N–H and O–H groups in total. The Labute approximate surface area is 188 Å². The van der Waals surface area contributed by atoms with Gasteiger partial charge in [-0.25, -0.2) is 9.36 Å². The number of para-hydroxylation sites is 1. The highest BCUT2D eigenvalue weighted by Crippen LogP contribution is 2.22. The summed E-state index contributed by atoms with van der Waals surface area (Å²) in [5.74, 6) is -0.0231. The summed E-state index contributed by atoms with van der Waals surface area (Å²) in [5.41, 5.74) is 2.63. The van der Waals surface area contributed by atoms with Crippen LogP contribution in [0.25, 0.3) is 16.6 Å². The van der Waals surface area contributed by atoms with Crippen molar-refractivity contribution in [2.24, 2.45) is 0 Å².